The molecular formula is C13H17ClN2O3. The molecule has 1 amide bonds. The Bertz CT molecular complexity index is 501. The Labute approximate surface area is 117 Å². The van der Waals surface area contributed by atoms with E-state index in [4.69, 9.17) is 11.6 Å². The van der Waals surface area contributed by atoms with Gasteiger partial charge in [-0.2, -0.15) is 0 Å². The van der Waals surface area contributed by atoms with Crippen LogP contribution in [0.5, 0.6) is 0 Å². The fourth-order valence-electron chi connectivity index (χ4n) is 1.77. The van der Waals surface area contributed by atoms with E-state index in [9.17, 15) is 14.9 Å². The maximum atomic E-state index is 12.2. The van der Waals surface area contributed by atoms with E-state index in [1.807, 2.05) is 13.8 Å². The summed E-state index contributed by atoms with van der Waals surface area (Å²) in [5.41, 5.74) is -0.00248. The van der Waals surface area contributed by atoms with Gasteiger partial charge in [-0.15, -0.1) is 11.6 Å². The molecule has 0 aromatic heterocycles. The van der Waals surface area contributed by atoms with E-state index in [-0.39, 0.29) is 11.3 Å². The van der Waals surface area contributed by atoms with Gasteiger partial charge in [-0.25, -0.2) is 0 Å². The standard InChI is InChI=1S/C13H17ClN2O3/c1-9-5-4-6-10(16(18)19)11(9)12(17)15-13(2,3)7-8-14/h4-6H,7-8H2,1-3H3,(H,15,17). The number of rotatable bonds is 5. The Balaban J connectivity index is 3.10. The van der Waals surface area contributed by atoms with Crippen LogP contribution in [0.25, 0.3) is 0 Å². The maximum Gasteiger partial charge on any atom is 0.282 e. The van der Waals surface area contributed by atoms with Crippen LogP contribution < -0.4 is 5.32 Å². The molecule has 1 rings (SSSR count). The first-order chi connectivity index (χ1) is 8.78. The van der Waals surface area contributed by atoms with Crippen molar-refractivity contribution in [2.45, 2.75) is 32.7 Å². The highest BCUT2D eigenvalue weighted by Gasteiger charge is 2.26. The molecule has 0 bridgehead atoms. The summed E-state index contributed by atoms with van der Waals surface area (Å²) in [6.45, 7) is 5.34. The number of benzene rings is 1. The van der Waals surface area contributed by atoms with Crippen molar-refractivity contribution in [2.24, 2.45) is 0 Å². The van der Waals surface area contributed by atoms with E-state index in [2.05, 4.69) is 5.32 Å². The van der Waals surface area contributed by atoms with E-state index in [0.717, 1.165) is 0 Å². The van der Waals surface area contributed by atoms with E-state index >= 15 is 0 Å². The van der Waals surface area contributed by atoms with Gasteiger partial charge in [0.15, 0.2) is 0 Å². The van der Waals surface area contributed by atoms with Crippen LogP contribution in [0.15, 0.2) is 18.2 Å². The molecule has 0 aliphatic carbocycles. The molecule has 0 heterocycles. The highest BCUT2D eigenvalue weighted by atomic mass is 35.5. The van der Waals surface area contributed by atoms with Gasteiger partial charge in [0.1, 0.15) is 5.56 Å². The monoisotopic (exact) mass is 284 g/mol. The van der Waals surface area contributed by atoms with Crippen LogP contribution in [0, 0.1) is 17.0 Å². The number of hydrogen-bond donors (Lipinski definition) is 1. The molecule has 0 fully saturated rings. The summed E-state index contributed by atoms with van der Waals surface area (Å²) >= 11 is 5.67. The zero-order valence-electron chi connectivity index (χ0n) is 11.2. The van der Waals surface area contributed by atoms with Gasteiger partial charge in [0.05, 0.1) is 4.92 Å². The largest absolute Gasteiger partial charge is 0.347 e. The molecule has 1 N–H and O–H groups in total. The van der Waals surface area contributed by atoms with Crippen molar-refractivity contribution in [3.8, 4) is 0 Å². The van der Waals surface area contributed by atoms with Crippen molar-refractivity contribution < 1.29 is 9.72 Å². The number of nitro groups is 1. The van der Waals surface area contributed by atoms with Crippen LogP contribution in [0.2, 0.25) is 0 Å². The lowest BCUT2D eigenvalue weighted by atomic mass is 9.99. The number of alkyl halides is 1. The summed E-state index contributed by atoms with van der Waals surface area (Å²) in [5.74, 6) is -0.0386. The lowest BCUT2D eigenvalue weighted by Gasteiger charge is -2.25. The molecule has 0 aliphatic rings. The predicted octanol–water partition coefficient (Wildman–Crippen LogP) is 3.04. The minimum atomic E-state index is -0.545. The van der Waals surface area contributed by atoms with E-state index in [0.29, 0.717) is 17.9 Å². The predicted molar refractivity (Wildman–Crippen MR) is 74.7 cm³/mol. The van der Waals surface area contributed by atoms with E-state index < -0.39 is 16.4 Å². The summed E-state index contributed by atoms with van der Waals surface area (Å²) in [6.07, 6.45) is 0.583. The van der Waals surface area contributed by atoms with Crippen molar-refractivity contribution >= 4 is 23.2 Å². The quantitative estimate of drug-likeness (QED) is 0.513. The van der Waals surface area contributed by atoms with Gasteiger partial charge in [0, 0.05) is 17.5 Å². The minimum absolute atomic E-state index is 0.107. The van der Waals surface area contributed by atoms with Crippen molar-refractivity contribution in [1.29, 1.82) is 0 Å². The molecule has 5 nitrogen and oxygen atoms in total. The lowest BCUT2D eigenvalue weighted by molar-refractivity contribution is -0.385. The van der Waals surface area contributed by atoms with E-state index in [1.165, 1.54) is 6.07 Å². The first-order valence-electron chi connectivity index (χ1n) is 5.91. The number of nitrogens with zero attached hydrogens (tertiary/aromatic N) is 1. The van der Waals surface area contributed by atoms with Crippen LogP contribution in [-0.2, 0) is 0 Å². The number of nitro benzene ring substituents is 1. The Morgan fingerprint density at radius 1 is 1.47 bits per heavy atom. The Morgan fingerprint density at radius 2 is 2.11 bits per heavy atom. The SMILES string of the molecule is Cc1cccc([N+](=O)[O-])c1C(=O)NC(C)(C)CCCl. The third-order valence-electron chi connectivity index (χ3n) is 2.85. The van der Waals surface area contributed by atoms with Crippen molar-refractivity contribution in [3.05, 3.63) is 39.4 Å². The Morgan fingerprint density at radius 3 is 2.63 bits per heavy atom. The van der Waals surface area contributed by atoms with E-state index in [1.54, 1.807) is 19.1 Å². The second kappa shape index (κ2) is 6.02. The van der Waals surface area contributed by atoms with Gasteiger partial charge in [0.2, 0.25) is 0 Å². The molecule has 1 aromatic carbocycles. The zero-order chi connectivity index (χ0) is 14.6. The number of carbonyl (C=O) groups excluding carboxylic acids is 1. The summed E-state index contributed by atoms with van der Waals surface area (Å²) in [6, 6.07) is 4.57. The number of aryl methyl sites for hydroxylation is 1. The average molecular weight is 285 g/mol. The van der Waals surface area contributed by atoms with Crippen molar-refractivity contribution in [2.75, 3.05) is 5.88 Å². The minimum Gasteiger partial charge on any atom is -0.347 e. The topological polar surface area (TPSA) is 72.2 Å². The molecule has 0 saturated carbocycles. The first kappa shape index (κ1) is 15.4. The zero-order valence-corrected chi connectivity index (χ0v) is 12.0. The fraction of sp³-hybridized carbons (Fsp3) is 0.462. The van der Waals surface area contributed by atoms with Gasteiger partial charge < -0.3 is 5.32 Å². The molecule has 0 aliphatic heterocycles. The molecule has 6 heteroatoms. The van der Waals surface area contributed by atoms with Gasteiger partial charge in [-0.3, -0.25) is 14.9 Å². The number of halogens is 1. The Hall–Kier alpha value is -1.62. The molecular weight excluding hydrogens is 268 g/mol. The second-order valence-corrected chi connectivity index (χ2v) is 5.38. The summed E-state index contributed by atoms with van der Waals surface area (Å²) in [5, 5.41) is 13.8. The van der Waals surface area contributed by atoms with Gasteiger partial charge in [-0.1, -0.05) is 12.1 Å². The molecule has 19 heavy (non-hydrogen) atoms. The highest BCUT2D eigenvalue weighted by Crippen LogP contribution is 2.23. The fourth-order valence-corrected chi connectivity index (χ4v) is 2.24. The molecule has 0 unspecified atom stereocenters. The smallest absolute Gasteiger partial charge is 0.282 e. The average Bonchev–Trinajstić information content (AvgIpc) is 2.27. The lowest BCUT2D eigenvalue weighted by Crippen LogP contribution is -2.44. The van der Waals surface area contributed by atoms with Crippen molar-refractivity contribution in [1.82, 2.24) is 5.32 Å². The molecule has 104 valence electrons. The second-order valence-electron chi connectivity index (χ2n) is 5.00. The highest BCUT2D eigenvalue weighted by molar-refractivity contribution is 6.17. The Kier molecular flexibility index (Phi) is 4.89. The molecule has 0 atom stereocenters. The van der Waals surface area contributed by atoms with Crippen LogP contribution >= 0.6 is 11.6 Å². The van der Waals surface area contributed by atoms with Crippen LogP contribution in [-0.4, -0.2) is 22.2 Å². The summed E-state index contributed by atoms with van der Waals surface area (Å²) < 4.78 is 0. The number of nitrogens with one attached hydrogen (secondary N) is 1. The van der Waals surface area contributed by atoms with Crippen LogP contribution in [0.1, 0.15) is 36.2 Å². The van der Waals surface area contributed by atoms with Crippen molar-refractivity contribution in [3.63, 3.8) is 0 Å². The maximum absolute atomic E-state index is 12.2. The number of amides is 1. The third-order valence-corrected chi connectivity index (χ3v) is 3.03. The first-order valence-corrected chi connectivity index (χ1v) is 6.44. The normalized spacial score (nSPS) is 11.2. The number of carbonyl (C=O) groups is 1. The van der Waals surface area contributed by atoms with Gasteiger partial charge in [-0.05, 0) is 32.8 Å². The molecule has 0 radical (unpaired) electrons. The van der Waals surface area contributed by atoms with Crippen LogP contribution in [0.4, 0.5) is 5.69 Å². The van der Waals surface area contributed by atoms with Crippen LogP contribution in [0.3, 0.4) is 0 Å². The molecule has 0 spiro atoms. The van der Waals surface area contributed by atoms with Gasteiger partial charge >= 0.3 is 0 Å². The summed E-state index contributed by atoms with van der Waals surface area (Å²) in [4.78, 5) is 22.7. The number of hydrogen-bond acceptors (Lipinski definition) is 3. The summed E-state index contributed by atoms with van der Waals surface area (Å²) in [7, 11) is 0. The molecule has 1 aromatic rings. The van der Waals surface area contributed by atoms with Gasteiger partial charge in [0.25, 0.3) is 11.6 Å². The molecule has 0 saturated heterocycles. The third kappa shape index (κ3) is 3.92.